The molecule has 0 saturated carbocycles. The molecule has 5 nitrogen and oxygen atoms in total. The Kier molecular flexibility index (Phi) is 4.13. The van der Waals surface area contributed by atoms with Gasteiger partial charge in [0.05, 0.1) is 19.1 Å². The Bertz CT molecular complexity index is 1260. The van der Waals surface area contributed by atoms with Gasteiger partial charge in [0.25, 0.3) is 0 Å². The van der Waals surface area contributed by atoms with E-state index in [0.29, 0.717) is 22.8 Å². The van der Waals surface area contributed by atoms with Crippen LogP contribution < -0.4 is 14.2 Å². The van der Waals surface area contributed by atoms with Crippen LogP contribution in [-0.4, -0.2) is 18.9 Å². The number of ether oxygens (including phenoxy) is 3. The van der Waals surface area contributed by atoms with Crippen LogP contribution in [0.5, 0.6) is 17.2 Å². The molecule has 1 atom stereocenters. The molecule has 0 radical (unpaired) electrons. The van der Waals surface area contributed by atoms with E-state index in [1.54, 1.807) is 19.2 Å². The molecule has 3 aromatic rings. The summed E-state index contributed by atoms with van der Waals surface area (Å²) in [5, 5.41) is 1.96. The topological polar surface area (TPSA) is 61.8 Å². The van der Waals surface area contributed by atoms with Gasteiger partial charge in [-0.2, -0.15) is 0 Å². The second kappa shape index (κ2) is 6.73. The van der Waals surface area contributed by atoms with Crippen molar-refractivity contribution >= 4 is 22.5 Å². The standard InChI is InChI=1S/C25H20O5/c1-13(2)24-23(27)17-9-11-20-22(25(17)30-24)18(12-21(26)29-20)15-8-10-19(28-3)16-7-5-4-6-14(15)16/h4-11,18H,12H2,1-3H3. The summed E-state index contributed by atoms with van der Waals surface area (Å²) in [6.45, 7) is 3.69. The largest absolute Gasteiger partial charge is 0.496 e. The molecule has 3 aromatic carbocycles. The van der Waals surface area contributed by atoms with Gasteiger partial charge in [0.15, 0.2) is 5.76 Å². The number of hydrogen-bond donors (Lipinski definition) is 0. The molecule has 0 aromatic heterocycles. The first-order chi connectivity index (χ1) is 14.5. The second-order valence-corrected chi connectivity index (χ2v) is 7.75. The summed E-state index contributed by atoms with van der Waals surface area (Å²) in [4.78, 5) is 25.3. The van der Waals surface area contributed by atoms with Crippen molar-refractivity contribution in [2.75, 3.05) is 7.11 Å². The van der Waals surface area contributed by atoms with Gasteiger partial charge in [-0.15, -0.1) is 0 Å². The molecule has 2 aliphatic heterocycles. The first-order valence-corrected chi connectivity index (χ1v) is 9.82. The summed E-state index contributed by atoms with van der Waals surface area (Å²) < 4.78 is 17.1. The van der Waals surface area contributed by atoms with Gasteiger partial charge in [0.2, 0.25) is 5.78 Å². The average Bonchev–Trinajstić information content (AvgIpc) is 3.09. The van der Waals surface area contributed by atoms with Crippen molar-refractivity contribution in [3.05, 3.63) is 76.6 Å². The van der Waals surface area contributed by atoms with Crippen molar-refractivity contribution in [2.45, 2.75) is 26.2 Å². The van der Waals surface area contributed by atoms with Gasteiger partial charge in [-0.3, -0.25) is 9.59 Å². The molecule has 5 rings (SSSR count). The Balaban J connectivity index is 1.77. The Morgan fingerprint density at radius 2 is 1.73 bits per heavy atom. The number of carbonyl (C=O) groups is 2. The Labute approximate surface area is 173 Å². The number of benzene rings is 3. The third kappa shape index (κ3) is 2.62. The molecule has 0 amide bonds. The highest BCUT2D eigenvalue weighted by molar-refractivity contribution is 6.13. The number of ketones is 1. The minimum Gasteiger partial charge on any atom is -0.496 e. The zero-order valence-electron chi connectivity index (χ0n) is 16.9. The normalized spacial score (nSPS) is 17.3. The number of rotatable bonds is 2. The second-order valence-electron chi connectivity index (χ2n) is 7.75. The molecule has 1 unspecified atom stereocenters. The third-order valence-corrected chi connectivity index (χ3v) is 5.72. The molecule has 150 valence electrons. The monoisotopic (exact) mass is 400 g/mol. The average molecular weight is 400 g/mol. The number of allylic oxidation sites excluding steroid dienone is 2. The van der Waals surface area contributed by atoms with Crippen molar-refractivity contribution < 1.29 is 23.8 Å². The third-order valence-electron chi connectivity index (χ3n) is 5.72. The summed E-state index contributed by atoms with van der Waals surface area (Å²) >= 11 is 0. The fourth-order valence-corrected chi connectivity index (χ4v) is 4.36. The van der Waals surface area contributed by atoms with E-state index >= 15 is 0 Å². The van der Waals surface area contributed by atoms with Crippen molar-refractivity contribution in [1.82, 2.24) is 0 Å². The number of hydrogen-bond acceptors (Lipinski definition) is 5. The van der Waals surface area contributed by atoms with Crippen molar-refractivity contribution in [1.29, 1.82) is 0 Å². The molecule has 2 aliphatic rings. The van der Waals surface area contributed by atoms with Crippen LogP contribution in [0.4, 0.5) is 0 Å². The SMILES string of the molecule is COc1ccc(C2CC(=O)Oc3ccc4c(c32)OC(=C(C)C)C4=O)c2ccccc12. The minimum atomic E-state index is -0.306. The highest BCUT2D eigenvalue weighted by atomic mass is 16.5. The maximum absolute atomic E-state index is 12.8. The summed E-state index contributed by atoms with van der Waals surface area (Å²) in [7, 11) is 1.64. The predicted octanol–water partition coefficient (Wildman–Crippen LogP) is 5.16. The molecular weight excluding hydrogens is 380 g/mol. The molecule has 2 heterocycles. The summed E-state index contributed by atoms with van der Waals surface area (Å²) in [5.41, 5.74) is 3.03. The number of methoxy groups -OCH3 is 1. The lowest BCUT2D eigenvalue weighted by Gasteiger charge is -2.27. The number of Topliss-reactive ketones (excluding diaryl/α,β-unsaturated/α-hetero) is 1. The van der Waals surface area contributed by atoms with E-state index in [4.69, 9.17) is 14.2 Å². The Morgan fingerprint density at radius 1 is 0.967 bits per heavy atom. The van der Waals surface area contributed by atoms with Gasteiger partial charge >= 0.3 is 5.97 Å². The van der Waals surface area contributed by atoms with Gasteiger partial charge in [-0.05, 0) is 48.6 Å². The lowest BCUT2D eigenvalue weighted by molar-refractivity contribution is -0.135. The van der Waals surface area contributed by atoms with E-state index in [9.17, 15) is 9.59 Å². The van der Waals surface area contributed by atoms with E-state index in [1.807, 2.05) is 50.2 Å². The fraction of sp³-hybridized carbons (Fsp3) is 0.200. The Morgan fingerprint density at radius 3 is 2.47 bits per heavy atom. The van der Waals surface area contributed by atoms with E-state index < -0.39 is 0 Å². The molecule has 0 fully saturated rings. The van der Waals surface area contributed by atoms with Gasteiger partial charge in [0.1, 0.15) is 17.2 Å². The fourth-order valence-electron chi connectivity index (χ4n) is 4.36. The maximum Gasteiger partial charge on any atom is 0.312 e. The summed E-state index contributed by atoms with van der Waals surface area (Å²) in [6.07, 6.45) is 0.168. The summed E-state index contributed by atoms with van der Waals surface area (Å²) in [5.74, 6) is 1.31. The summed E-state index contributed by atoms with van der Waals surface area (Å²) in [6, 6.07) is 15.2. The number of carbonyl (C=O) groups excluding carboxylic acids is 2. The highest BCUT2D eigenvalue weighted by Gasteiger charge is 2.39. The van der Waals surface area contributed by atoms with Crippen molar-refractivity contribution in [2.24, 2.45) is 0 Å². The first-order valence-electron chi connectivity index (χ1n) is 9.82. The van der Waals surface area contributed by atoms with Gasteiger partial charge in [-0.25, -0.2) is 0 Å². The molecule has 0 N–H and O–H groups in total. The van der Waals surface area contributed by atoms with E-state index in [-0.39, 0.29) is 24.1 Å². The minimum absolute atomic E-state index is 0.136. The van der Waals surface area contributed by atoms with Crippen LogP contribution in [0.2, 0.25) is 0 Å². The van der Waals surface area contributed by atoms with Crippen LogP contribution in [0.1, 0.15) is 47.7 Å². The molecule has 0 saturated heterocycles. The first kappa shape index (κ1) is 18.4. The van der Waals surface area contributed by atoms with Gasteiger partial charge in [-0.1, -0.05) is 30.3 Å². The van der Waals surface area contributed by atoms with Gasteiger partial charge < -0.3 is 14.2 Å². The van der Waals surface area contributed by atoms with Crippen LogP contribution in [0.25, 0.3) is 10.8 Å². The smallest absolute Gasteiger partial charge is 0.312 e. The predicted molar refractivity (Wildman–Crippen MR) is 112 cm³/mol. The van der Waals surface area contributed by atoms with E-state index in [2.05, 4.69) is 0 Å². The number of fused-ring (bicyclic) bond motifs is 4. The zero-order valence-corrected chi connectivity index (χ0v) is 16.9. The van der Waals surface area contributed by atoms with Crippen molar-refractivity contribution in [3.8, 4) is 17.2 Å². The molecule has 0 bridgehead atoms. The molecular formula is C25H20O5. The zero-order chi connectivity index (χ0) is 21.0. The molecule has 0 aliphatic carbocycles. The van der Waals surface area contributed by atoms with Crippen LogP contribution in [0.3, 0.4) is 0 Å². The Hall–Kier alpha value is -3.60. The van der Waals surface area contributed by atoms with Crippen molar-refractivity contribution in [3.63, 3.8) is 0 Å². The number of esters is 1. The lowest BCUT2D eigenvalue weighted by Crippen LogP contribution is -2.21. The molecule has 30 heavy (non-hydrogen) atoms. The maximum atomic E-state index is 12.8. The van der Waals surface area contributed by atoms with Crippen LogP contribution in [-0.2, 0) is 4.79 Å². The van der Waals surface area contributed by atoms with Crippen LogP contribution >= 0.6 is 0 Å². The highest BCUT2D eigenvalue weighted by Crippen LogP contribution is 2.50. The molecule has 0 spiro atoms. The quantitative estimate of drug-likeness (QED) is 0.338. The van der Waals surface area contributed by atoms with Crippen LogP contribution in [0, 0.1) is 0 Å². The van der Waals surface area contributed by atoms with E-state index in [1.165, 1.54) is 0 Å². The molecule has 5 heteroatoms. The lowest BCUT2D eigenvalue weighted by atomic mass is 9.82. The van der Waals surface area contributed by atoms with Crippen LogP contribution in [0.15, 0.2) is 59.9 Å². The van der Waals surface area contributed by atoms with E-state index in [0.717, 1.165) is 33.2 Å². The van der Waals surface area contributed by atoms with Gasteiger partial charge in [0, 0.05) is 16.9 Å².